The van der Waals surface area contributed by atoms with Crippen LogP contribution in [0, 0.1) is 10.1 Å². The molecule has 4 aromatic rings. The number of aromatic nitrogens is 3. The number of fused-ring (bicyclic) bond motifs is 1. The van der Waals surface area contributed by atoms with Crippen LogP contribution in [-0.4, -0.2) is 25.8 Å². The van der Waals surface area contributed by atoms with Crippen LogP contribution in [-0.2, 0) is 0 Å². The number of hydrogen-bond acceptors (Lipinski definition) is 5. The van der Waals surface area contributed by atoms with Gasteiger partial charge in [-0.05, 0) is 30.3 Å². The summed E-state index contributed by atoms with van der Waals surface area (Å²) in [5.41, 5.74) is 1.80. The molecule has 4 rings (SSSR count). The van der Waals surface area contributed by atoms with Gasteiger partial charge in [0, 0.05) is 6.07 Å². The minimum Gasteiger partial charge on any atom is -0.320 e. The van der Waals surface area contributed by atoms with E-state index in [1.807, 2.05) is 30.3 Å². The Bertz CT molecular complexity index is 1210. The predicted molar refractivity (Wildman–Crippen MR) is 105 cm³/mol. The van der Waals surface area contributed by atoms with Gasteiger partial charge in [-0.25, -0.2) is 0 Å². The normalized spacial score (nSPS) is 10.8. The summed E-state index contributed by atoms with van der Waals surface area (Å²) in [6.07, 6.45) is 0. The molecular formula is C19H12ClN5O3. The first-order valence-electron chi connectivity index (χ1n) is 8.20. The maximum absolute atomic E-state index is 12.5. The molecule has 8 nitrogen and oxygen atoms in total. The van der Waals surface area contributed by atoms with Crippen LogP contribution in [0.25, 0.3) is 16.7 Å². The summed E-state index contributed by atoms with van der Waals surface area (Å²) in [5, 5.41) is 22.8. The van der Waals surface area contributed by atoms with Crippen molar-refractivity contribution >= 4 is 39.9 Å². The molecule has 0 atom stereocenters. The molecule has 3 aromatic carbocycles. The van der Waals surface area contributed by atoms with E-state index in [1.165, 1.54) is 23.0 Å². The minimum atomic E-state index is -0.635. The third-order valence-corrected chi connectivity index (χ3v) is 4.36. The maximum atomic E-state index is 12.5. The number of nitro groups is 1. The predicted octanol–water partition coefficient (Wildman–Crippen LogP) is 4.23. The summed E-state index contributed by atoms with van der Waals surface area (Å²) in [4.78, 5) is 24.5. The molecule has 0 saturated carbocycles. The van der Waals surface area contributed by atoms with Crippen molar-refractivity contribution < 1.29 is 9.72 Å². The average molecular weight is 394 g/mol. The average Bonchev–Trinajstić information content (AvgIpc) is 3.11. The number of nitrogens with one attached hydrogen (secondary N) is 1. The molecule has 0 unspecified atom stereocenters. The second-order valence-corrected chi connectivity index (χ2v) is 6.28. The summed E-state index contributed by atoms with van der Waals surface area (Å²) in [5.74, 6) is -0.635. The van der Waals surface area contributed by atoms with Crippen LogP contribution in [0.2, 0.25) is 5.02 Å². The van der Waals surface area contributed by atoms with Gasteiger partial charge >= 0.3 is 0 Å². The summed E-state index contributed by atoms with van der Waals surface area (Å²) in [6, 6.07) is 18.2. The Morgan fingerprint density at radius 1 is 1.00 bits per heavy atom. The highest BCUT2D eigenvalue weighted by Gasteiger charge is 2.20. The van der Waals surface area contributed by atoms with E-state index in [2.05, 4.69) is 15.5 Å². The van der Waals surface area contributed by atoms with Crippen molar-refractivity contribution in [1.29, 1.82) is 0 Å². The maximum Gasteiger partial charge on any atom is 0.282 e. The minimum absolute atomic E-state index is 0.0587. The Morgan fingerprint density at radius 3 is 2.36 bits per heavy atom. The number of hydrogen-bond donors (Lipinski definition) is 1. The Balaban J connectivity index is 1.69. The fourth-order valence-electron chi connectivity index (χ4n) is 2.73. The van der Waals surface area contributed by atoms with Gasteiger partial charge in [0.2, 0.25) is 0 Å². The second-order valence-electron chi connectivity index (χ2n) is 5.87. The SMILES string of the molecule is O=C(Nc1cc2nn(-c3ccccc3)nc2cc1Cl)c1ccccc1[N+](=O)[O-]. The molecule has 0 radical (unpaired) electrons. The quantitative estimate of drug-likeness (QED) is 0.412. The van der Waals surface area contributed by atoms with Gasteiger partial charge in [0.15, 0.2) is 0 Å². The van der Waals surface area contributed by atoms with Crippen molar-refractivity contribution in [3.05, 3.63) is 87.4 Å². The van der Waals surface area contributed by atoms with E-state index in [4.69, 9.17) is 11.6 Å². The lowest BCUT2D eigenvalue weighted by Gasteiger charge is -2.07. The lowest BCUT2D eigenvalue weighted by Crippen LogP contribution is -2.14. The zero-order valence-corrected chi connectivity index (χ0v) is 15.0. The molecule has 9 heteroatoms. The second kappa shape index (κ2) is 7.09. The Morgan fingerprint density at radius 2 is 1.64 bits per heavy atom. The monoisotopic (exact) mass is 393 g/mol. The van der Waals surface area contributed by atoms with Gasteiger partial charge in [0.05, 0.1) is 21.3 Å². The van der Waals surface area contributed by atoms with Gasteiger partial charge in [-0.15, -0.1) is 10.2 Å². The lowest BCUT2D eigenvalue weighted by molar-refractivity contribution is -0.385. The first-order chi connectivity index (χ1) is 13.5. The van der Waals surface area contributed by atoms with Crippen molar-refractivity contribution in [1.82, 2.24) is 15.0 Å². The first-order valence-corrected chi connectivity index (χ1v) is 8.57. The molecule has 0 saturated heterocycles. The lowest BCUT2D eigenvalue weighted by atomic mass is 10.1. The molecule has 28 heavy (non-hydrogen) atoms. The number of carbonyl (C=O) groups is 1. The summed E-state index contributed by atoms with van der Waals surface area (Å²) >= 11 is 6.27. The van der Waals surface area contributed by atoms with E-state index in [1.54, 1.807) is 18.2 Å². The van der Waals surface area contributed by atoms with Crippen molar-refractivity contribution in [2.75, 3.05) is 5.32 Å². The third kappa shape index (κ3) is 3.28. The zero-order valence-electron chi connectivity index (χ0n) is 14.2. The van der Waals surface area contributed by atoms with E-state index < -0.39 is 10.8 Å². The van der Waals surface area contributed by atoms with Crippen LogP contribution in [0.3, 0.4) is 0 Å². The van der Waals surface area contributed by atoms with E-state index in [0.29, 0.717) is 11.0 Å². The number of anilines is 1. The number of amides is 1. The fraction of sp³-hybridized carbons (Fsp3) is 0. The Kier molecular flexibility index (Phi) is 4.46. The standard InChI is InChI=1S/C19H12ClN5O3/c20-14-10-16-17(23-24(22-16)12-6-2-1-3-7-12)11-15(14)21-19(26)13-8-4-5-9-18(13)25(27)28/h1-11H,(H,21,26). The highest BCUT2D eigenvalue weighted by Crippen LogP contribution is 2.28. The number of para-hydroxylation sites is 2. The van der Waals surface area contributed by atoms with Gasteiger partial charge in [0.1, 0.15) is 16.6 Å². The molecule has 138 valence electrons. The van der Waals surface area contributed by atoms with Gasteiger partial charge < -0.3 is 5.32 Å². The van der Waals surface area contributed by atoms with Crippen molar-refractivity contribution in [3.8, 4) is 5.69 Å². The largest absolute Gasteiger partial charge is 0.320 e. The van der Waals surface area contributed by atoms with Crippen molar-refractivity contribution in [2.45, 2.75) is 0 Å². The van der Waals surface area contributed by atoms with E-state index >= 15 is 0 Å². The topological polar surface area (TPSA) is 103 Å². The van der Waals surface area contributed by atoms with Gasteiger partial charge in [-0.2, -0.15) is 4.80 Å². The molecule has 0 aliphatic carbocycles. The Labute approximate surface area is 163 Å². The molecule has 0 fully saturated rings. The smallest absolute Gasteiger partial charge is 0.282 e. The number of halogens is 1. The number of nitro benzene ring substituents is 1. The van der Waals surface area contributed by atoms with E-state index in [-0.39, 0.29) is 22.0 Å². The summed E-state index contributed by atoms with van der Waals surface area (Å²) in [6.45, 7) is 0. The number of nitrogens with zero attached hydrogens (tertiary/aromatic N) is 4. The van der Waals surface area contributed by atoms with Gasteiger partial charge in [-0.1, -0.05) is 41.9 Å². The van der Waals surface area contributed by atoms with Crippen LogP contribution >= 0.6 is 11.6 Å². The van der Waals surface area contributed by atoms with Crippen LogP contribution in [0.5, 0.6) is 0 Å². The van der Waals surface area contributed by atoms with Gasteiger partial charge in [-0.3, -0.25) is 14.9 Å². The Hall–Kier alpha value is -3.78. The summed E-state index contributed by atoms with van der Waals surface area (Å²) in [7, 11) is 0. The highest BCUT2D eigenvalue weighted by atomic mass is 35.5. The molecule has 0 spiro atoms. The van der Waals surface area contributed by atoms with E-state index in [9.17, 15) is 14.9 Å². The van der Waals surface area contributed by atoms with Crippen molar-refractivity contribution in [2.24, 2.45) is 0 Å². The van der Waals surface area contributed by atoms with Crippen LogP contribution in [0.1, 0.15) is 10.4 Å². The molecule has 1 aromatic heterocycles. The molecule has 1 N–H and O–H groups in total. The zero-order chi connectivity index (χ0) is 19.7. The molecule has 0 bridgehead atoms. The van der Waals surface area contributed by atoms with E-state index in [0.717, 1.165) is 5.69 Å². The van der Waals surface area contributed by atoms with Crippen molar-refractivity contribution in [3.63, 3.8) is 0 Å². The number of rotatable bonds is 4. The summed E-state index contributed by atoms with van der Waals surface area (Å²) < 4.78 is 0. The molecule has 0 aliphatic heterocycles. The molecule has 1 amide bonds. The fourth-order valence-corrected chi connectivity index (χ4v) is 2.93. The van der Waals surface area contributed by atoms with Crippen LogP contribution in [0.4, 0.5) is 11.4 Å². The third-order valence-electron chi connectivity index (χ3n) is 4.05. The number of carbonyl (C=O) groups excluding carboxylic acids is 1. The molecule has 1 heterocycles. The number of benzene rings is 3. The van der Waals surface area contributed by atoms with Gasteiger partial charge in [0.25, 0.3) is 11.6 Å². The first kappa shape index (κ1) is 17.6. The molecule has 0 aliphatic rings. The highest BCUT2D eigenvalue weighted by molar-refractivity contribution is 6.34. The van der Waals surface area contributed by atoms with Crippen LogP contribution < -0.4 is 5.32 Å². The van der Waals surface area contributed by atoms with Crippen LogP contribution in [0.15, 0.2) is 66.7 Å². The molecular weight excluding hydrogens is 382 g/mol.